The molecule has 14 heavy (non-hydrogen) atoms. The lowest BCUT2D eigenvalue weighted by atomic mass is 10.0. The van der Waals surface area contributed by atoms with Crippen molar-refractivity contribution in [3.63, 3.8) is 0 Å². The summed E-state index contributed by atoms with van der Waals surface area (Å²) in [6.07, 6.45) is 0.875. The second-order valence-corrected chi connectivity index (χ2v) is 3.12. The molecule has 0 spiro atoms. The van der Waals surface area contributed by atoms with Crippen LogP contribution >= 0.6 is 0 Å². The summed E-state index contributed by atoms with van der Waals surface area (Å²) < 4.78 is 5.38. The molecule has 0 aliphatic rings. The van der Waals surface area contributed by atoms with Gasteiger partial charge < -0.3 is 15.6 Å². The minimum atomic E-state index is 0.00453. The standard InChI is InChI=1S/C11H17NO2/c1-2-10(12)9-5-3-4-6-11(9)14-8-7-13/h3-6,10,13H,2,7-8,12H2,1H3. The summed E-state index contributed by atoms with van der Waals surface area (Å²) in [7, 11) is 0. The summed E-state index contributed by atoms with van der Waals surface area (Å²) in [4.78, 5) is 0. The molecule has 0 saturated heterocycles. The van der Waals surface area contributed by atoms with E-state index in [0.29, 0.717) is 6.61 Å². The molecule has 1 aromatic rings. The lowest BCUT2D eigenvalue weighted by Crippen LogP contribution is -2.12. The number of benzene rings is 1. The van der Waals surface area contributed by atoms with Gasteiger partial charge in [0.2, 0.25) is 0 Å². The van der Waals surface area contributed by atoms with Crippen molar-refractivity contribution >= 4 is 0 Å². The van der Waals surface area contributed by atoms with Crippen molar-refractivity contribution in [1.29, 1.82) is 0 Å². The Morgan fingerprint density at radius 2 is 2.14 bits per heavy atom. The van der Waals surface area contributed by atoms with E-state index >= 15 is 0 Å². The van der Waals surface area contributed by atoms with Crippen LogP contribution in [-0.4, -0.2) is 18.3 Å². The zero-order valence-corrected chi connectivity index (χ0v) is 8.44. The van der Waals surface area contributed by atoms with Gasteiger partial charge in [-0.3, -0.25) is 0 Å². The maximum Gasteiger partial charge on any atom is 0.124 e. The lowest BCUT2D eigenvalue weighted by molar-refractivity contribution is 0.199. The van der Waals surface area contributed by atoms with Crippen LogP contribution in [0.25, 0.3) is 0 Å². The molecule has 0 saturated carbocycles. The van der Waals surface area contributed by atoms with Crippen LogP contribution in [0.2, 0.25) is 0 Å². The summed E-state index contributed by atoms with van der Waals surface area (Å²) in [6.45, 7) is 2.37. The van der Waals surface area contributed by atoms with Gasteiger partial charge >= 0.3 is 0 Å². The van der Waals surface area contributed by atoms with Crippen molar-refractivity contribution in [1.82, 2.24) is 0 Å². The van der Waals surface area contributed by atoms with Gasteiger partial charge in [0.15, 0.2) is 0 Å². The zero-order chi connectivity index (χ0) is 10.4. The van der Waals surface area contributed by atoms with Crippen LogP contribution in [-0.2, 0) is 0 Å². The largest absolute Gasteiger partial charge is 0.491 e. The fraction of sp³-hybridized carbons (Fsp3) is 0.455. The van der Waals surface area contributed by atoms with Crippen LogP contribution in [0.3, 0.4) is 0 Å². The second kappa shape index (κ2) is 5.62. The van der Waals surface area contributed by atoms with E-state index in [1.54, 1.807) is 0 Å². The minimum Gasteiger partial charge on any atom is -0.491 e. The molecule has 1 aromatic carbocycles. The molecule has 0 fully saturated rings. The van der Waals surface area contributed by atoms with Gasteiger partial charge in [-0.2, -0.15) is 0 Å². The molecular weight excluding hydrogens is 178 g/mol. The number of hydrogen-bond donors (Lipinski definition) is 2. The first-order valence-corrected chi connectivity index (χ1v) is 4.87. The van der Waals surface area contributed by atoms with Crippen molar-refractivity contribution in [3.8, 4) is 5.75 Å². The maximum atomic E-state index is 8.66. The Kier molecular flexibility index (Phi) is 4.43. The fourth-order valence-electron chi connectivity index (χ4n) is 1.29. The normalized spacial score (nSPS) is 12.5. The number of para-hydroxylation sites is 1. The molecule has 0 heterocycles. The molecule has 3 nitrogen and oxygen atoms in total. The number of hydrogen-bond acceptors (Lipinski definition) is 3. The zero-order valence-electron chi connectivity index (χ0n) is 8.44. The highest BCUT2D eigenvalue weighted by molar-refractivity contribution is 5.35. The van der Waals surface area contributed by atoms with E-state index in [4.69, 9.17) is 15.6 Å². The van der Waals surface area contributed by atoms with E-state index in [1.165, 1.54) is 0 Å². The smallest absolute Gasteiger partial charge is 0.124 e. The number of nitrogens with two attached hydrogens (primary N) is 1. The molecule has 3 N–H and O–H groups in total. The molecule has 1 atom stereocenters. The van der Waals surface area contributed by atoms with Gasteiger partial charge in [0.05, 0.1) is 6.61 Å². The Balaban J connectivity index is 2.79. The molecule has 0 amide bonds. The second-order valence-electron chi connectivity index (χ2n) is 3.12. The molecule has 0 bridgehead atoms. The molecular formula is C11H17NO2. The van der Waals surface area contributed by atoms with Crippen molar-refractivity contribution in [2.75, 3.05) is 13.2 Å². The van der Waals surface area contributed by atoms with Gasteiger partial charge in [-0.05, 0) is 12.5 Å². The van der Waals surface area contributed by atoms with Crippen LogP contribution in [0.1, 0.15) is 24.9 Å². The Morgan fingerprint density at radius 3 is 2.79 bits per heavy atom. The summed E-state index contributed by atoms with van der Waals surface area (Å²) >= 11 is 0. The van der Waals surface area contributed by atoms with Crippen molar-refractivity contribution in [2.45, 2.75) is 19.4 Å². The van der Waals surface area contributed by atoms with Crippen LogP contribution < -0.4 is 10.5 Å². The van der Waals surface area contributed by atoms with Gasteiger partial charge in [-0.25, -0.2) is 0 Å². The minimum absolute atomic E-state index is 0.00453. The number of rotatable bonds is 5. The van der Waals surface area contributed by atoms with E-state index in [9.17, 15) is 0 Å². The predicted octanol–water partition coefficient (Wildman–Crippen LogP) is 1.47. The third-order valence-electron chi connectivity index (χ3n) is 2.11. The van der Waals surface area contributed by atoms with Crippen molar-refractivity contribution in [3.05, 3.63) is 29.8 Å². The first-order valence-electron chi connectivity index (χ1n) is 4.87. The molecule has 0 aliphatic carbocycles. The van der Waals surface area contributed by atoms with Gasteiger partial charge in [-0.15, -0.1) is 0 Å². The van der Waals surface area contributed by atoms with E-state index < -0.39 is 0 Å². The third-order valence-corrected chi connectivity index (χ3v) is 2.11. The van der Waals surface area contributed by atoms with Crippen molar-refractivity contribution in [2.24, 2.45) is 5.73 Å². The predicted molar refractivity (Wildman–Crippen MR) is 56.2 cm³/mol. The van der Waals surface area contributed by atoms with Gasteiger partial charge in [0.25, 0.3) is 0 Å². The monoisotopic (exact) mass is 195 g/mol. The molecule has 0 radical (unpaired) electrons. The first-order chi connectivity index (χ1) is 6.79. The lowest BCUT2D eigenvalue weighted by Gasteiger charge is -2.14. The van der Waals surface area contributed by atoms with E-state index in [0.717, 1.165) is 17.7 Å². The topological polar surface area (TPSA) is 55.5 Å². The number of aliphatic hydroxyl groups excluding tert-OH is 1. The molecule has 3 heteroatoms. The highest BCUT2D eigenvalue weighted by Crippen LogP contribution is 2.24. The number of ether oxygens (including phenoxy) is 1. The Morgan fingerprint density at radius 1 is 1.43 bits per heavy atom. The van der Waals surface area contributed by atoms with E-state index in [1.807, 2.05) is 31.2 Å². The molecule has 78 valence electrons. The number of aliphatic hydroxyl groups is 1. The summed E-state index contributed by atoms with van der Waals surface area (Å²) in [6, 6.07) is 7.68. The quantitative estimate of drug-likeness (QED) is 0.748. The highest BCUT2D eigenvalue weighted by atomic mass is 16.5. The fourth-order valence-corrected chi connectivity index (χ4v) is 1.29. The van der Waals surface area contributed by atoms with Crippen LogP contribution in [0.4, 0.5) is 0 Å². The SMILES string of the molecule is CCC(N)c1ccccc1OCCO. The molecule has 1 rings (SSSR count). The van der Waals surface area contributed by atoms with E-state index in [-0.39, 0.29) is 12.6 Å². The Labute approximate surface area is 84.5 Å². The first kappa shape index (κ1) is 11.0. The summed E-state index contributed by atoms with van der Waals surface area (Å²) in [5.41, 5.74) is 6.93. The average molecular weight is 195 g/mol. The maximum absolute atomic E-state index is 8.66. The van der Waals surface area contributed by atoms with Crippen LogP contribution in [0.15, 0.2) is 24.3 Å². The van der Waals surface area contributed by atoms with Gasteiger partial charge in [0, 0.05) is 11.6 Å². The van der Waals surface area contributed by atoms with Crippen LogP contribution in [0.5, 0.6) is 5.75 Å². The third kappa shape index (κ3) is 2.72. The van der Waals surface area contributed by atoms with E-state index in [2.05, 4.69) is 0 Å². The summed E-state index contributed by atoms with van der Waals surface area (Å²) in [5.74, 6) is 0.774. The highest BCUT2D eigenvalue weighted by Gasteiger charge is 2.08. The molecule has 0 aliphatic heterocycles. The molecule has 0 aromatic heterocycles. The average Bonchev–Trinajstić information content (AvgIpc) is 2.25. The summed E-state index contributed by atoms with van der Waals surface area (Å²) in [5, 5.41) is 8.66. The van der Waals surface area contributed by atoms with Crippen LogP contribution in [0, 0.1) is 0 Å². The van der Waals surface area contributed by atoms with Gasteiger partial charge in [0.1, 0.15) is 12.4 Å². The molecule has 1 unspecified atom stereocenters. The van der Waals surface area contributed by atoms with Crippen molar-refractivity contribution < 1.29 is 9.84 Å². The Bertz CT molecular complexity index is 276. The Hall–Kier alpha value is -1.06. The van der Waals surface area contributed by atoms with Gasteiger partial charge in [-0.1, -0.05) is 25.1 Å².